The summed E-state index contributed by atoms with van der Waals surface area (Å²) >= 11 is 0. The van der Waals surface area contributed by atoms with E-state index >= 15 is 0 Å². The van der Waals surface area contributed by atoms with E-state index in [1.54, 1.807) is 0 Å². The lowest BCUT2D eigenvalue weighted by Crippen LogP contribution is -2.33. The largest absolute Gasteiger partial charge is 0.481 e. The fourth-order valence-corrected chi connectivity index (χ4v) is 8.07. The standard InChI is InChI=1S/C50H99N3O4/c1-5-9-13-17-21-34-44-52(45-35-22-18-14-10-6-2)48(54)38-28-25-31-41-51(43-33-27-30-40-50(56)57)42-32-26-29-39-49(55)53(46-36-23-19-15-11-7-3)47-37-24-20-16-12-8-4/h5-47H2,1-4H3,(H,56,57). The van der Waals surface area contributed by atoms with Crippen LogP contribution in [0, 0.1) is 0 Å². The van der Waals surface area contributed by atoms with Gasteiger partial charge in [0, 0.05) is 45.4 Å². The molecule has 0 atom stereocenters. The second kappa shape index (κ2) is 43.9. The number of carboxylic acid groups (broad SMARTS) is 1. The van der Waals surface area contributed by atoms with E-state index in [0.29, 0.717) is 24.7 Å². The van der Waals surface area contributed by atoms with Crippen molar-refractivity contribution < 1.29 is 19.5 Å². The third-order valence-corrected chi connectivity index (χ3v) is 11.9. The molecule has 1 N–H and O–H groups in total. The summed E-state index contributed by atoms with van der Waals surface area (Å²) in [5.41, 5.74) is 0. The van der Waals surface area contributed by atoms with Gasteiger partial charge in [-0.15, -0.1) is 0 Å². The number of hydrogen-bond donors (Lipinski definition) is 1. The number of rotatable bonds is 46. The van der Waals surface area contributed by atoms with Crippen LogP contribution in [0.25, 0.3) is 0 Å². The highest BCUT2D eigenvalue weighted by atomic mass is 16.4. The Kier molecular flexibility index (Phi) is 42.7. The van der Waals surface area contributed by atoms with Crippen molar-refractivity contribution >= 4 is 17.8 Å². The lowest BCUT2D eigenvalue weighted by molar-refractivity contribution is -0.137. The molecule has 0 aliphatic carbocycles. The van der Waals surface area contributed by atoms with Gasteiger partial charge in [0.15, 0.2) is 0 Å². The van der Waals surface area contributed by atoms with Crippen molar-refractivity contribution in [3.05, 3.63) is 0 Å². The van der Waals surface area contributed by atoms with E-state index in [1.165, 1.54) is 128 Å². The summed E-state index contributed by atoms with van der Waals surface area (Å²) in [6.07, 6.45) is 40.9. The lowest BCUT2D eigenvalue weighted by atomic mass is 10.1. The first-order valence-corrected chi connectivity index (χ1v) is 25.4. The van der Waals surface area contributed by atoms with Crippen LogP contribution in [0.15, 0.2) is 0 Å². The van der Waals surface area contributed by atoms with Crippen LogP contribution >= 0.6 is 0 Å². The van der Waals surface area contributed by atoms with Gasteiger partial charge in [-0.3, -0.25) is 14.4 Å². The summed E-state index contributed by atoms with van der Waals surface area (Å²) in [6, 6.07) is 0. The van der Waals surface area contributed by atoms with Gasteiger partial charge in [0.05, 0.1) is 0 Å². The maximum atomic E-state index is 13.4. The minimum atomic E-state index is -0.703. The molecule has 0 aromatic heterocycles. The van der Waals surface area contributed by atoms with E-state index in [-0.39, 0.29) is 6.42 Å². The molecule has 0 radical (unpaired) electrons. The fourth-order valence-electron chi connectivity index (χ4n) is 8.07. The highest BCUT2D eigenvalue weighted by Gasteiger charge is 2.15. The predicted molar refractivity (Wildman–Crippen MR) is 246 cm³/mol. The highest BCUT2D eigenvalue weighted by molar-refractivity contribution is 5.76. The number of nitrogens with zero attached hydrogens (tertiary/aromatic N) is 3. The molecule has 2 amide bonds. The molecule has 0 bridgehead atoms. The van der Waals surface area contributed by atoms with Crippen molar-refractivity contribution in [1.82, 2.24) is 14.7 Å². The average molecular weight is 806 g/mol. The number of carbonyl (C=O) groups excluding carboxylic acids is 2. The van der Waals surface area contributed by atoms with Crippen LogP contribution in [0.5, 0.6) is 0 Å². The van der Waals surface area contributed by atoms with Crippen LogP contribution in [0.3, 0.4) is 0 Å². The molecule has 0 saturated carbocycles. The van der Waals surface area contributed by atoms with Crippen molar-refractivity contribution in [3.8, 4) is 0 Å². The third-order valence-electron chi connectivity index (χ3n) is 11.9. The number of carboxylic acids is 1. The Balaban J connectivity index is 4.84. The molecule has 0 heterocycles. The zero-order valence-electron chi connectivity index (χ0n) is 38.9. The van der Waals surface area contributed by atoms with Crippen molar-refractivity contribution in [1.29, 1.82) is 0 Å². The van der Waals surface area contributed by atoms with Gasteiger partial charge in [0.25, 0.3) is 0 Å². The quantitative estimate of drug-likeness (QED) is 0.0620. The van der Waals surface area contributed by atoms with Gasteiger partial charge in [-0.25, -0.2) is 0 Å². The Bertz CT molecular complexity index is 794. The van der Waals surface area contributed by atoms with E-state index < -0.39 is 5.97 Å². The molecule has 57 heavy (non-hydrogen) atoms. The maximum absolute atomic E-state index is 13.4. The number of aliphatic carboxylic acids is 1. The molecular formula is C50H99N3O4. The van der Waals surface area contributed by atoms with Crippen LogP contribution in [0.2, 0.25) is 0 Å². The number of amides is 2. The monoisotopic (exact) mass is 806 g/mol. The second-order valence-corrected chi connectivity index (χ2v) is 17.5. The molecule has 7 heteroatoms. The number of carbonyl (C=O) groups is 3. The molecule has 0 aromatic carbocycles. The zero-order valence-corrected chi connectivity index (χ0v) is 38.9. The molecule has 338 valence electrons. The molecule has 0 aromatic rings. The second-order valence-electron chi connectivity index (χ2n) is 17.5. The summed E-state index contributed by atoms with van der Waals surface area (Å²) in [6.45, 7) is 15.8. The van der Waals surface area contributed by atoms with Crippen molar-refractivity contribution in [2.24, 2.45) is 0 Å². The molecule has 0 aliphatic heterocycles. The van der Waals surface area contributed by atoms with Gasteiger partial charge in [0.2, 0.25) is 11.8 Å². The summed E-state index contributed by atoms with van der Waals surface area (Å²) in [5, 5.41) is 9.07. The van der Waals surface area contributed by atoms with Crippen LogP contribution in [0.1, 0.15) is 259 Å². The lowest BCUT2D eigenvalue weighted by Gasteiger charge is -2.24. The summed E-state index contributed by atoms with van der Waals surface area (Å²) in [4.78, 5) is 44.7. The van der Waals surface area contributed by atoms with E-state index in [4.69, 9.17) is 5.11 Å². The van der Waals surface area contributed by atoms with Crippen LogP contribution < -0.4 is 0 Å². The summed E-state index contributed by atoms with van der Waals surface area (Å²) in [7, 11) is 0. The molecule has 0 unspecified atom stereocenters. The Hall–Kier alpha value is -1.63. The maximum Gasteiger partial charge on any atom is 0.303 e. The molecule has 0 saturated heterocycles. The third kappa shape index (κ3) is 38.3. The van der Waals surface area contributed by atoms with Gasteiger partial charge in [0.1, 0.15) is 0 Å². The van der Waals surface area contributed by atoms with Gasteiger partial charge in [-0.2, -0.15) is 0 Å². The highest BCUT2D eigenvalue weighted by Crippen LogP contribution is 2.15. The van der Waals surface area contributed by atoms with Gasteiger partial charge in [-0.1, -0.05) is 175 Å². The van der Waals surface area contributed by atoms with Crippen LogP contribution in [-0.2, 0) is 14.4 Å². The molecular weight excluding hydrogens is 707 g/mol. The van der Waals surface area contributed by atoms with E-state index in [2.05, 4.69) is 42.4 Å². The van der Waals surface area contributed by atoms with Crippen LogP contribution in [0.4, 0.5) is 0 Å². The Morgan fingerprint density at radius 2 is 0.526 bits per heavy atom. The first kappa shape index (κ1) is 55.4. The molecule has 0 spiro atoms. The van der Waals surface area contributed by atoms with E-state index in [0.717, 1.165) is 129 Å². The van der Waals surface area contributed by atoms with E-state index in [9.17, 15) is 14.4 Å². The van der Waals surface area contributed by atoms with Gasteiger partial charge in [-0.05, 0) is 83.8 Å². The first-order chi connectivity index (χ1) is 27.9. The smallest absolute Gasteiger partial charge is 0.303 e. The molecule has 0 fully saturated rings. The van der Waals surface area contributed by atoms with Crippen molar-refractivity contribution in [2.45, 2.75) is 259 Å². The van der Waals surface area contributed by atoms with Crippen molar-refractivity contribution in [3.63, 3.8) is 0 Å². The minimum Gasteiger partial charge on any atom is -0.481 e. The Morgan fingerprint density at radius 3 is 0.807 bits per heavy atom. The zero-order chi connectivity index (χ0) is 41.9. The normalized spacial score (nSPS) is 11.5. The topological polar surface area (TPSA) is 81.2 Å². The van der Waals surface area contributed by atoms with Gasteiger partial charge < -0.3 is 19.8 Å². The fraction of sp³-hybridized carbons (Fsp3) is 0.940. The van der Waals surface area contributed by atoms with E-state index in [1.807, 2.05) is 0 Å². The number of hydrogen-bond acceptors (Lipinski definition) is 4. The molecule has 0 rings (SSSR count). The summed E-state index contributed by atoms with van der Waals surface area (Å²) in [5.74, 6) is 0.0184. The summed E-state index contributed by atoms with van der Waals surface area (Å²) < 4.78 is 0. The molecule has 0 aliphatic rings. The number of unbranched alkanes of at least 4 members (excludes halogenated alkanes) is 26. The molecule has 7 nitrogen and oxygen atoms in total. The first-order valence-electron chi connectivity index (χ1n) is 25.4. The van der Waals surface area contributed by atoms with Gasteiger partial charge >= 0.3 is 5.97 Å². The van der Waals surface area contributed by atoms with Crippen LogP contribution in [-0.4, -0.2) is 83.4 Å². The average Bonchev–Trinajstić information content (AvgIpc) is 3.20. The van der Waals surface area contributed by atoms with Crippen molar-refractivity contribution in [2.75, 3.05) is 45.8 Å². The SMILES string of the molecule is CCCCCCCCN(CCCCCCCC)C(=O)CCCCCN(CCCCCC(=O)O)CCCCCC(=O)N(CCCCCCCC)CCCCCCCC. The predicted octanol–water partition coefficient (Wildman–Crippen LogP) is 14.2. The Labute approximate surface area is 355 Å². The Morgan fingerprint density at radius 1 is 0.298 bits per heavy atom. The minimum absolute atomic E-state index is 0.255.